The first-order chi connectivity index (χ1) is 13.2. The highest BCUT2D eigenvalue weighted by atomic mass is 16.5. The topological polar surface area (TPSA) is 55.8 Å². The molecule has 2 aromatic carbocycles. The zero-order valence-electron chi connectivity index (χ0n) is 16.2. The zero-order chi connectivity index (χ0) is 19.3. The summed E-state index contributed by atoms with van der Waals surface area (Å²) in [5, 5.41) is 8.81. The highest BCUT2D eigenvalue weighted by Crippen LogP contribution is 2.17. The fourth-order valence-corrected chi connectivity index (χ4v) is 3.02. The van der Waals surface area contributed by atoms with Crippen LogP contribution in [0, 0.1) is 0 Å². The van der Waals surface area contributed by atoms with Gasteiger partial charge in [0.25, 0.3) is 0 Å². The van der Waals surface area contributed by atoms with E-state index in [9.17, 15) is 4.79 Å². The first kappa shape index (κ1) is 21.0. The number of hydrogen-bond acceptors (Lipinski definition) is 4. The summed E-state index contributed by atoms with van der Waals surface area (Å²) in [4.78, 5) is 11.6. The van der Waals surface area contributed by atoms with Crippen LogP contribution in [0.4, 0.5) is 0 Å². The molecule has 0 saturated heterocycles. The van der Waals surface area contributed by atoms with Crippen LogP contribution in [-0.2, 0) is 17.6 Å². The van der Waals surface area contributed by atoms with E-state index in [1.54, 1.807) is 6.07 Å². The Labute approximate surface area is 162 Å². The van der Waals surface area contributed by atoms with Gasteiger partial charge in [-0.25, -0.2) is 4.79 Å². The molecule has 0 bridgehead atoms. The Morgan fingerprint density at radius 2 is 1.59 bits per heavy atom. The van der Waals surface area contributed by atoms with E-state index in [2.05, 4.69) is 12.1 Å². The lowest BCUT2D eigenvalue weighted by Gasteiger charge is -2.09. The van der Waals surface area contributed by atoms with E-state index in [1.807, 2.05) is 30.3 Å². The van der Waals surface area contributed by atoms with Crippen LogP contribution in [-0.4, -0.2) is 31.4 Å². The van der Waals surface area contributed by atoms with Crippen molar-refractivity contribution in [2.24, 2.45) is 0 Å². The van der Waals surface area contributed by atoms with Crippen molar-refractivity contribution in [2.75, 3.05) is 20.3 Å². The van der Waals surface area contributed by atoms with Gasteiger partial charge in [-0.15, -0.1) is 0 Å². The largest absolute Gasteiger partial charge is 0.494 e. The van der Waals surface area contributed by atoms with E-state index in [0.717, 1.165) is 56.3 Å². The molecule has 0 saturated carbocycles. The monoisotopic (exact) mass is 370 g/mol. The summed E-state index contributed by atoms with van der Waals surface area (Å²) < 4.78 is 10.6. The number of rotatable bonds is 12. The predicted octanol–water partition coefficient (Wildman–Crippen LogP) is 4.58. The highest BCUT2D eigenvalue weighted by molar-refractivity contribution is 5.89. The van der Waals surface area contributed by atoms with Crippen molar-refractivity contribution in [1.82, 2.24) is 0 Å². The van der Waals surface area contributed by atoms with Crippen LogP contribution >= 0.6 is 0 Å². The summed E-state index contributed by atoms with van der Waals surface area (Å²) in [7, 11) is 1.39. The summed E-state index contributed by atoms with van der Waals surface area (Å²) in [6.07, 6.45) is 7.06. The molecule has 2 rings (SSSR count). The predicted molar refractivity (Wildman–Crippen MR) is 107 cm³/mol. The van der Waals surface area contributed by atoms with Gasteiger partial charge in [-0.2, -0.15) is 0 Å². The minimum Gasteiger partial charge on any atom is -0.494 e. The van der Waals surface area contributed by atoms with E-state index in [1.165, 1.54) is 12.7 Å². The van der Waals surface area contributed by atoms with E-state index < -0.39 is 0 Å². The van der Waals surface area contributed by atoms with Gasteiger partial charge < -0.3 is 14.6 Å². The number of aliphatic hydroxyl groups excluding tert-OH is 1. The second-order valence-electron chi connectivity index (χ2n) is 6.68. The molecule has 0 spiro atoms. The molecule has 0 heterocycles. The van der Waals surface area contributed by atoms with Gasteiger partial charge in [-0.05, 0) is 67.5 Å². The van der Waals surface area contributed by atoms with Crippen LogP contribution in [0.25, 0.3) is 0 Å². The molecular formula is C23H30O4. The molecule has 1 N–H and O–H groups in total. The smallest absolute Gasteiger partial charge is 0.337 e. The number of unbranched alkanes of at least 4 members (excludes halogenated alkanes) is 3. The van der Waals surface area contributed by atoms with E-state index >= 15 is 0 Å². The van der Waals surface area contributed by atoms with E-state index in [0.29, 0.717) is 12.2 Å². The molecule has 0 radical (unpaired) electrons. The fourth-order valence-electron chi connectivity index (χ4n) is 3.02. The first-order valence-corrected chi connectivity index (χ1v) is 9.73. The molecule has 146 valence electrons. The lowest BCUT2D eigenvalue weighted by molar-refractivity contribution is 0.0600. The maximum absolute atomic E-state index is 11.6. The van der Waals surface area contributed by atoms with Crippen molar-refractivity contribution >= 4 is 5.97 Å². The Balaban J connectivity index is 1.72. The van der Waals surface area contributed by atoms with Gasteiger partial charge in [-0.1, -0.05) is 37.1 Å². The van der Waals surface area contributed by atoms with Crippen molar-refractivity contribution in [3.8, 4) is 5.75 Å². The molecule has 4 nitrogen and oxygen atoms in total. The zero-order valence-corrected chi connectivity index (χ0v) is 16.2. The highest BCUT2D eigenvalue weighted by Gasteiger charge is 2.05. The maximum Gasteiger partial charge on any atom is 0.337 e. The van der Waals surface area contributed by atoms with E-state index in [-0.39, 0.29) is 12.6 Å². The first-order valence-electron chi connectivity index (χ1n) is 9.73. The third-order valence-corrected chi connectivity index (χ3v) is 4.50. The Morgan fingerprint density at radius 1 is 0.889 bits per heavy atom. The van der Waals surface area contributed by atoms with Crippen LogP contribution < -0.4 is 4.74 Å². The number of carbonyl (C=O) groups excluding carboxylic acids is 1. The van der Waals surface area contributed by atoms with Gasteiger partial charge in [-0.3, -0.25) is 0 Å². The normalized spacial score (nSPS) is 10.6. The lowest BCUT2D eigenvalue weighted by atomic mass is 10.1. The molecule has 0 atom stereocenters. The summed E-state index contributed by atoms with van der Waals surface area (Å²) in [5.41, 5.74) is 2.99. The van der Waals surface area contributed by atoms with Crippen molar-refractivity contribution in [1.29, 1.82) is 0 Å². The third-order valence-electron chi connectivity index (χ3n) is 4.50. The van der Waals surface area contributed by atoms with Crippen LogP contribution in [0.15, 0.2) is 48.5 Å². The second-order valence-corrected chi connectivity index (χ2v) is 6.68. The Morgan fingerprint density at radius 3 is 2.37 bits per heavy atom. The summed E-state index contributed by atoms with van der Waals surface area (Å²) in [6, 6.07) is 15.8. The van der Waals surface area contributed by atoms with Crippen molar-refractivity contribution in [3.05, 3.63) is 65.2 Å². The van der Waals surface area contributed by atoms with Gasteiger partial charge in [0.1, 0.15) is 5.75 Å². The average Bonchev–Trinajstić information content (AvgIpc) is 2.71. The van der Waals surface area contributed by atoms with Crippen LogP contribution in [0.5, 0.6) is 5.75 Å². The van der Waals surface area contributed by atoms with Crippen LogP contribution in [0.1, 0.15) is 53.6 Å². The van der Waals surface area contributed by atoms with Crippen molar-refractivity contribution < 1.29 is 19.4 Å². The van der Waals surface area contributed by atoms with Crippen LogP contribution in [0.2, 0.25) is 0 Å². The van der Waals surface area contributed by atoms with Crippen molar-refractivity contribution in [3.63, 3.8) is 0 Å². The molecule has 2 aromatic rings. The fraction of sp³-hybridized carbons (Fsp3) is 0.435. The minimum absolute atomic E-state index is 0.288. The summed E-state index contributed by atoms with van der Waals surface area (Å²) in [5.74, 6) is 0.604. The number of hydrogen-bond donors (Lipinski definition) is 1. The SMILES string of the molecule is COC(=O)c1cccc(CCCOc2cccc(CCCCCCO)c2)c1. The summed E-state index contributed by atoms with van der Waals surface area (Å²) >= 11 is 0. The van der Waals surface area contributed by atoms with Gasteiger partial charge in [0, 0.05) is 6.61 Å². The number of esters is 1. The molecule has 0 aliphatic carbocycles. The van der Waals surface area contributed by atoms with E-state index in [4.69, 9.17) is 14.6 Å². The molecule has 4 heteroatoms. The molecular weight excluding hydrogens is 340 g/mol. The molecule has 0 aliphatic heterocycles. The standard InChI is InChI=1S/C23H30O4/c1-26-23(25)21-13-6-10-19(17-21)12-8-16-27-22-14-7-11-20(18-22)9-4-2-3-5-15-24/h6-7,10-11,13-14,17-18,24H,2-5,8-9,12,15-16H2,1H3. The molecule has 27 heavy (non-hydrogen) atoms. The number of aryl methyl sites for hydroxylation is 2. The minimum atomic E-state index is -0.304. The molecule has 0 aliphatic rings. The number of carbonyl (C=O) groups is 1. The molecule has 0 aromatic heterocycles. The van der Waals surface area contributed by atoms with Crippen LogP contribution in [0.3, 0.4) is 0 Å². The van der Waals surface area contributed by atoms with Gasteiger partial charge in [0.05, 0.1) is 19.3 Å². The molecule has 0 amide bonds. The van der Waals surface area contributed by atoms with Gasteiger partial charge >= 0.3 is 5.97 Å². The average molecular weight is 370 g/mol. The third kappa shape index (κ3) is 7.83. The van der Waals surface area contributed by atoms with Gasteiger partial charge in [0.2, 0.25) is 0 Å². The Bertz CT molecular complexity index is 696. The number of methoxy groups -OCH3 is 1. The number of aliphatic hydroxyl groups is 1. The Hall–Kier alpha value is -2.33. The number of benzene rings is 2. The summed E-state index contributed by atoms with van der Waals surface area (Å²) in [6.45, 7) is 0.929. The second kappa shape index (κ2) is 12.1. The Kier molecular flexibility index (Phi) is 9.42. The number of ether oxygens (including phenoxy) is 2. The van der Waals surface area contributed by atoms with Gasteiger partial charge in [0.15, 0.2) is 0 Å². The molecule has 0 fully saturated rings. The van der Waals surface area contributed by atoms with Crippen molar-refractivity contribution in [2.45, 2.75) is 44.9 Å². The molecule has 0 unspecified atom stereocenters. The lowest BCUT2D eigenvalue weighted by Crippen LogP contribution is -2.03. The maximum atomic E-state index is 11.6. The quantitative estimate of drug-likeness (QED) is 0.439.